The van der Waals surface area contributed by atoms with Gasteiger partial charge < -0.3 is 5.73 Å². The number of rotatable bonds is 6. The van der Waals surface area contributed by atoms with E-state index in [9.17, 15) is 8.42 Å². The third-order valence-electron chi connectivity index (χ3n) is 2.90. The van der Waals surface area contributed by atoms with Crippen molar-refractivity contribution in [2.75, 3.05) is 6.54 Å². The molecule has 0 bridgehead atoms. The lowest BCUT2D eigenvalue weighted by atomic mass is 10.3. The van der Waals surface area contributed by atoms with Crippen molar-refractivity contribution in [3.8, 4) is 0 Å². The van der Waals surface area contributed by atoms with Crippen LogP contribution in [0.4, 0.5) is 0 Å². The summed E-state index contributed by atoms with van der Waals surface area (Å²) in [7, 11) is -1.77. The van der Waals surface area contributed by atoms with Crippen LogP contribution >= 0.6 is 0 Å². The summed E-state index contributed by atoms with van der Waals surface area (Å²) in [5.74, 6) is 0. The second-order valence-electron chi connectivity index (χ2n) is 4.30. The number of aryl methyl sites for hydroxylation is 1. The van der Waals surface area contributed by atoms with Gasteiger partial charge in [-0.1, -0.05) is 6.07 Å². The van der Waals surface area contributed by atoms with Crippen LogP contribution < -0.4 is 10.5 Å². The van der Waals surface area contributed by atoms with Crippen molar-refractivity contribution >= 4 is 10.0 Å². The molecular weight excluding hydrogens is 278 g/mol. The fraction of sp³-hybridized carbons (Fsp3) is 0.333. The van der Waals surface area contributed by atoms with Gasteiger partial charge in [0.25, 0.3) is 10.0 Å². The van der Waals surface area contributed by atoms with Gasteiger partial charge in [-0.25, -0.2) is 18.1 Å². The number of aromatic nitrogens is 3. The molecular formula is C12H17N5O2S. The van der Waals surface area contributed by atoms with E-state index in [2.05, 4.69) is 14.8 Å². The van der Waals surface area contributed by atoms with Gasteiger partial charge in [-0.15, -0.1) is 0 Å². The molecule has 2 aromatic rings. The van der Waals surface area contributed by atoms with Gasteiger partial charge in [0.15, 0.2) is 5.03 Å². The highest BCUT2D eigenvalue weighted by atomic mass is 32.2. The van der Waals surface area contributed by atoms with E-state index in [0.29, 0.717) is 19.5 Å². The molecule has 108 valence electrons. The fourth-order valence-corrected chi connectivity index (χ4v) is 2.68. The van der Waals surface area contributed by atoms with E-state index in [1.54, 1.807) is 16.9 Å². The minimum Gasteiger partial charge on any atom is -0.326 e. The predicted octanol–water partition coefficient (Wildman–Crippen LogP) is -0.205. The molecule has 0 atom stereocenters. The molecule has 8 heteroatoms. The number of nitrogens with two attached hydrogens (primary N) is 1. The van der Waals surface area contributed by atoms with E-state index in [4.69, 9.17) is 5.73 Å². The molecule has 0 fully saturated rings. The summed E-state index contributed by atoms with van der Waals surface area (Å²) in [5, 5.41) is 4.02. The molecule has 20 heavy (non-hydrogen) atoms. The van der Waals surface area contributed by atoms with Gasteiger partial charge in [-0.05, 0) is 17.7 Å². The van der Waals surface area contributed by atoms with Gasteiger partial charge in [-0.3, -0.25) is 4.68 Å². The second-order valence-corrected chi connectivity index (χ2v) is 6.02. The molecule has 0 aliphatic heterocycles. The van der Waals surface area contributed by atoms with Gasteiger partial charge in [0.05, 0.1) is 0 Å². The van der Waals surface area contributed by atoms with Crippen molar-refractivity contribution in [3.63, 3.8) is 0 Å². The number of hydrogen-bond acceptors (Lipinski definition) is 5. The summed E-state index contributed by atoms with van der Waals surface area (Å²) in [6, 6.07) is 4.96. The van der Waals surface area contributed by atoms with Gasteiger partial charge in [0.1, 0.15) is 0 Å². The van der Waals surface area contributed by atoms with Crippen LogP contribution in [0.3, 0.4) is 0 Å². The smallest absolute Gasteiger partial charge is 0.258 e. The minimum atomic E-state index is -3.58. The first-order chi connectivity index (χ1) is 9.53. The number of sulfonamides is 1. The lowest BCUT2D eigenvalue weighted by Gasteiger charge is -2.06. The van der Waals surface area contributed by atoms with Crippen molar-refractivity contribution in [2.45, 2.75) is 18.0 Å². The van der Waals surface area contributed by atoms with Crippen LogP contribution in [0.25, 0.3) is 0 Å². The number of pyridine rings is 1. The molecule has 2 heterocycles. The largest absolute Gasteiger partial charge is 0.326 e. The Hall–Kier alpha value is -1.77. The Morgan fingerprint density at radius 1 is 1.35 bits per heavy atom. The van der Waals surface area contributed by atoms with Crippen molar-refractivity contribution in [2.24, 2.45) is 12.8 Å². The Morgan fingerprint density at radius 3 is 2.70 bits per heavy atom. The lowest BCUT2D eigenvalue weighted by molar-refractivity contribution is 0.576. The zero-order chi connectivity index (χ0) is 14.6. The maximum Gasteiger partial charge on any atom is 0.258 e. The normalized spacial score (nSPS) is 11.7. The van der Waals surface area contributed by atoms with Crippen molar-refractivity contribution in [3.05, 3.63) is 41.9 Å². The summed E-state index contributed by atoms with van der Waals surface area (Å²) in [6.07, 6.45) is 3.71. The Kier molecular flexibility index (Phi) is 4.48. The molecule has 0 saturated carbocycles. The zero-order valence-corrected chi connectivity index (χ0v) is 12.0. The van der Waals surface area contributed by atoms with Crippen molar-refractivity contribution in [1.82, 2.24) is 19.5 Å². The van der Waals surface area contributed by atoms with Gasteiger partial charge in [-0.2, -0.15) is 5.10 Å². The Labute approximate surface area is 117 Å². The first-order valence-electron chi connectivity index (χ1n) is 6.14. The van der Waals surface area contributed by atoms with Gasteiger partial charge in [0, 0.05) is 44.6 Å². The molecule has 2 aromatic heterocycles. The van der Waals surface area contributed by atoms with Crippen LogP contribution in [0.15, 0.2) is 35.6 Å². The molecule has 3 N–H and O–H groups in total. The standard InChI is InChI=1S/C12H17N5O2S/c1-17-11(4-6-15-17)5-7-16-20(18,19)12-3-2-10(8-13)9-14-12/h2-4,6,9,16H,5,7-8,13H2,1H3. The Bertz CT molecular complexity index is 663. The second kappa shape index (κ2) is 6.12. The molecule has 0 aliphatic carbocycles. The molecule has 0 aliphatic rings. The van der Waals surface area contributed by atoms with E-state index in [0.717, 1.165) is 11.3 Å². The summed E-state index contributed by atoms with van der Waals surface area (Å²) in [4.78, 5) is 3.91. The monoisotopic (exact) mass is 295 g/mol. The van der Waals surface area contributed by atoms with E-state index in [-0.39, 0.29) is 5.03 Å². The average molecular weight is 295 g/mol. The minimum absolute atomic E-state index is 0.000272. The van der Waals surface area contributed by atoms with Crippen molar-refractivity contribution in [1.29, 1.82) is 0 Å². The summed E-state index contributed by atoms with van der Waals surface area (Å²) in [5.41, 5.74) is 7.19. The van der Waals surface area contributed by atoms with E-state index in [1.165, 1.54) is 12.3 Å². The van der Waals surface area contributed by atoms with Crippen LogP contribution in [-0.4, -0.2) is 29.7 Å². The quantitative estimate of drug-likeness (QED) is 0.768. The van der Waals surface area contributed by atoms with Gasteiger partial charge >= 0.3 is 0 Å². The molecule has 7 nitrogen and oxygen atoms in total. The van der Waals surface area contributed by atoms with Crippen LogP contribution in [-0.2, 0) is 30.0 Å². The van der Waals surface area contributed by atoms with Crippen LogP contribution in [0.2, 0.25) is 0 Å². The maximum atomic E-state index is 12.0. The molecule has 0 spiro atoms. The maximum absolute atomic E-state index is 12.0. The third kappa shape index (κ3) is 3.41. The summed E-state index contributed by atoms with van der Waals surface area (Å²) in [6.45, 7) is 0.628. The Morgan fingerprint density at radius 2 is 2.15 bits per heavy atom. The Balaban J connectivity index is 1.98. The van der Waals surface area contributed by atoms with Gasteiger partial charge in [0.2, 0.25) is 0 Å². The summed E-state index contributed by atoms with van der Waals surface area (Å²) >= 11 is 0. The average Bonchev–Trinajstić information content (AvgIpc) is 2.84. The van der Waals surface area contributed by atoms with E-state index >= 15 is 0 Å². The molecule has 0 radical (unpaired) electrons. The first-order valence-corrected chi connectivity index (χ1v) is 7.63. The predicted molar refractivity (Wildman–Crippen MR) is 74.2 cm³/mol. The highest BCUT2D eigenvalue weighted by Crippen LogP contribution is 2.06. The first kappa shape index (κ1) is 14.6. The zero-order valence-electron chi connectivity index (χ0n) is 11.2. The number of hydrogen-bond donors (Lipinski definition) is 2. The topological polar surface area (TPSA) is 103 Å². The highest BCUT2D eigenvalue weighted by molar-refractivity contribution is 7.89. The molecule has 0 amide bonds. The third-order valence-corrected chi connectivity index (χ3v) is 4.28. The molecule has 0 aromatic carbocycles. The SMILES string of the molecule is Cn1nccc1CCNS(=O)(=O)c1ccc(CN)cn1. The van der Waals surface area contributed by atoms with Crippen LogP contribution in [0.1, 0.15) is 11.3 Å². The molecule has 0 saturated heterocycles. The van der Waals surface area contributed by atoms with E-state index in [1.807, 2.05) is 13.1 Å². The van der Waals surface area contributed by atoms with Crippen LogP contribution in [0, 0.1) is 0 Å². The van der Waals surface area contributed by atoms with E-state index < -0.39 is 10.0 Å². The van der Waals surface area contributed by atoms with Crippen molar-refractivity contribution < 1.29 is 8.42 Å². The molecule has 2 rings (SSSR count). The highest BCUT2D eigenvalue weighted by Gasteiger charge is 2.15. The number of nitrogens with one attached hydrogen (secondary N) is 1. The molecule has 0 unspecified atom stereocenters. The lowest BCUT2D eigenvalue weighted by Crippen LogP contribution is -2.27. The summed E-state index contributed by atoms with van der Waals surface area (Å²) < 4.78 is 28.3. The van der Waals surface area contributed by atoms with Crippen LogP contribution in [0.5, 0.6) is 0 Å². The number of nitrogens with zero attached hydrogens (tertiary/aromatic N) is 3. The fourth-order valence-electron chi connectivity index (χ4n) is 1.72.